The highest BCUT2D eigenvalue weighted by molar-refractivity contribution is 6.06. The number of amides is 3. The largest absolute Gasteiger partial charge is 0.445 e. The molecule has 3 heterocycles. The van der Waals surface area contributed by atoms with E-state index in [1.807, 2.05) is 84.9 Å². The summed E-state index contributed by atoms with van der Waals surface area (Å²) in [6.07, 6.45) is 2.74. The lowest BCUT2D eigenvalue weighted by Crippen LogP contribution is -2.42. The van der Waals surface area contributed by atoms with Crippen LogP contribution < -0.4 is 5.32 Å². The topological polar surface area (TPSA) is 118 Å². The molecule has 4 fully saturated rings. The molecular weight excluding hydrogens is 719 g/mol. The van der Waals surface area contributed by atoms with Crippen molar-refractivity contribution in [3.63, 3.8) is 0 Å². The number of nitrogens with one attached hydrogen (secondary N) is 1. The molecule has 0 radical (unpaired) electrons. The van der Waals surface area contributed by atoms with Crippen molar-refractivity contribution >= 4 is 17.9 Å². The number of carbonyl (C=O) groups is 3. The normalized spacial score (nSPS) is 27.1. The molecule has 57 heavy (non-hydrogen) atoms. The number of benzene rings is 4. The highest BCUT2D eigenvalue weighted by atomic mass is 16.7. The third-order valence-corrected chi connectivity index (χ3v) is 12.1. The SMILES string of the molecule is CC1(C)CC2CC(C)(CN2C[C@H]2C[C@@H](c3ccc(CO)cc3)O[C@@H](c3cccc(-c4cccc(CN5C(=O)CC(NC(=O)OCc6ccccc6)C5=O)c4)c3)O2)C1. The number of imide groups is 1. The molecule has 298 valence electrons. The van der Waals surface area contributed by atoms with E-state index < -0.39 is 24.3 Å². The highest BCUT2D eigenvalue weighted by Gasteiger charge is 2.50. The van der Waals surface area contributed by atoms with Gasteiger partial charge in [-0.3, -0.25) is 19.4 Å². The summed E-state index contributed by atoms with van der Waals surface area (Å²) in [5.41, 5.74) is 6.98. The summed E-state index contributed by atoms with van der Waals surface area (Å²) in [5, 5.41) is 12.2. The fraction of sp³-hybridized carbons (Fsp3) is 0.426. The van der Waals surface area contributed by atoms with Crippen molar-refractivity contribution in [3.05, 3.63) is 131 Å². The summed E-state index contributed by atoms with van der Waals surface area (Å²) < 4.78 is 18.9. The van der Waals surface area contributed by atoms with Gasteiger partial charge in [0, 0.05) is 31.1 Å². The quantitative estimate of drug-likeness (QED) is 0.148. The predicted molar refractivity (Wildman–Crippen MR) is 215 cm³/mol. The number of hydrogen-bond acceptors (Lipinski definition) is 8. The van der Waals surface area contributed by atoms with Crippen molar-refractivity contribution in [3.8, 4) is 11.1 Å². The molecule has 4 aromatic rings. The van der Waals surface area contributed by atoms with Gasteiger partial charge in [-0.25, -0.2) is 4.79 Å². The van der Waals surface area contributed by atoms with Gasteiger partial charge in [0.1, 0.15) is 12.6 Å². The number of carbonyl (C=O) groups excluding carboxylic acids is 3. The van der Waals surface area contributed by atoms with Crippen LogP contribution in [-0.4, -0.2) is 64.1 Å². The van der Waals surface area contributed by atoms with Crippen LogP contribution in [0, 0.1) is 10.8 Å². The zero-order chi connectivity index (χ0) is 39.7. The molecule has 4 aliphatic rings. The second kappa shape index (κ2) is 16.2. The molecule has 2 bridgehead atoms. The minimum atomic E-state index is -0.976. The first-order valence-corrected chi connectivity index (χ1v) is 20.2. The van der Waals surface area contributed by atoms with Gasteiger partial charge in [0.15, 0.2) is 6.29 Å². The Kier molecular flexibility index (Phi) is 11.1. The Labute approximate surface area is 335 Å². The minimum Gasteiger partial charge on any atom is -0.445 e. The molecule has 10 nitrogen and oxygen atoms in total. The molecule has 1 saturated carbocycles. The van der Waals surface area contributed by atoms with Crippen LogP contribution in [0.15, 0.2) is 103 Å². The van der Waals surface area contributed by atoms with Crippen molar-refractivity contribution in [1.29, 1.82) is 0 Å². The van der Waals surface area contributed by atoms with Crippen LogP contribution in [0.4, 0.5) is 4.79 Å². The molecule has 3 amide bonds. The van der Waals surface area contributed by atoms with Gasteiger partial charge in [0.25, 0.3) is 5.91 Å². The summed E-state index contributed by atoms with van der Waals surface area (Å²) in [4.78, 5) is 42.6. The zero-order valence-electron chi connectivity index (χ0n) is 33.1. The van der Waals surface area contributed by atoms with E-state index >= 15 is 0 Å². The van der Waals surface area contributed by atoms with Crippen LogP contribution in [0.1, 0.15) is 93.1 Å². The maximum Gasteiger partial charge on any atom is 0.408 e. The number of likely N-dealkylation sites (tertiary alicyclic amines) is 2. The number of rotatable bonds is 11. The van der Waals surface area contributed by atoms with E-state index in [1.54, 1.807) is 0 Å². The van der Waals surface area contributed by atoms with Gasteiger partial charge >= 0.3 is 6.09 Å². The molecule has 0 spiro atoms. The Morgan fingerprint density at radius 1 is 0.842 bits per heavy atom. The Hall–Kier alpha value is -4.87. The lowest BCUT2D eigenvalue weighted by Gasteiger charge is -2.41. The molecule has 10 heteroatoms. The number of aliphatic hydroxyl groups is 1. The molecule has 0 aromatic heterocycles. The van der Waals surface area contributed by atoms with E-state index in [-0.39, 0.29) is 44.3 Å². The van der Waals surface area contributed by atoms with Crippen molar-refractivity contribution in [1.82, 2.24) is 15.1 Å². The summed E-state index contributed by atoms with van der Waals surface area (Å²) in [7, 11) is 0. The first-order valence-electron chi connectivity index (χ1n) is 20.2. The van der Waals surface area contributed by atoms with Crippen molar-refractivity contribution in [2.24, 2.45) is 10.8 Å². The smallest absolute Gasteiger partial charge is 0.408 e. The van der Waals surface area contributed by atoms with E-state index in [1.165, 1.54) is 24.2 Å². The number of ether oxygens (including phenoxy) is 3. The molecule has 6 atom stereocenters. The van der Waals surface area contributed by atoms with Gasteiger partial charge in [-0.2, -0.15) is 0 Å². The second-order valence-electron chi connectivity index (χ2n) is 17.6. The summed E-state index contributed by atoms with van der Waals surface area (Å²) >= 11 is 0. The van der Waals surface area contributed by atoms with Crippen LogP contribution >= 0.6 is 0 Å². The Morgan fingerprint density at radius 2 is 1.58 bits per heavy atom. The second-order valence-corrected chi connectivity index (χ2v) is 17.6. The van der Waals surface area contributed by atoms with E-state index in [9.17, 15) is 19.5 Å². The highest BCUT2D eigenvalue weighted by Crippen LogP contribution is 2.53. The van der Waals surface area contributed by atoms with Crippen LogP contribution in [0.2, 0.25) is 0 Å². The molecule has 8 rings (SSSR count). The first-order chi connectivity index (χ1) is 27.4. The molecule has 3 aliphatic heterocycles. The maximum atomic E-state index is 13.3. The summed E-state index contributed by atoms with van der Waals surface area (Å²) in [5.74, 6) is -0.807. The third-order valence-electron chi connectivity index (χ3n) is 12.1. The number of aliphatic hydroxyl groups excluding tert-OH is 1. The van der Waals surface area contributed by atoms with Crippen molar-refractivity contribution in [2.45, 2.75) is 103 Å². The van der Waals surface area contributed by atoms with Crippen molar-refractivity contribution < 1.29 is 33.7 Å². The molecule has 3 saturated heterocycles. The molecule has 2 N–H and O–H groups in total. The molecular formula is C47H53N3O7. The van der Waals surface area contributed by atoms with Crippen LogP contribution in [0.5, 0.6) is 0 Å². The summed E-state index contributed by atoms with van der Waals surface area (Å²) in [6.45, 7) is 9.34. The average molecular weight is 772 g/mol. The lowest BCUT2D eigenvalue weighted by molar-refractivity contribution is -0.253. The number of nitrogens with zero attached hydrogens (tertiary/aromatic N) is 2. The van der Waals surface area contributed by atoms with Gasteiger partial charge in [0.2, 0.25) is 5.91 Å². The minimum absolute atomic E-state index is 0.00595. The van der Waals surface area contributed by atoms with Gasteiger partial charge in [0.05, 0.1) is 31.8 Å². The lowest BCUT2D eigenvalue weighted by atomic mass is 9.65. The number of hydrogen-bond donors (Lipinski definition) is 2. The number of alkyl carbamates (subject to hydrolysis) is 1. The first kappa shape index (κ1) is 39.0. The molecule has 1 aliphatic carbocycles. The molecule has 3 unspecified atom stereocenters. The monoisotopic (exact) mass is 771 g/mol. The standard InChI is InChI=1S/C47H53N3O7/c1-46(2)23-38-24-47(3,29-46)30-49(38)26-39-21-41(34-17-15-31(27-51)16-18-34)57-44(56-39)37-14-8-13-36(20-37)35-12-7-11-33(19-35)25-50-42(52)22-40(43(50)53)48-45(54)55-28-32-9-5-4-6-10-32/h4-20,38-41,44,51H,21-30H2,1-3H3,(H,48,54)/t38?,39-,40?,41+,44+,47?/m1/s1. The Morgan fingerprint density at radius 3 is 2.35 bits per heavy atom. The van der Waals surface area contributed by atoms with Crippen LogP contribution in [0.25, 0.3) is 11.1 Å². The van der Waals surface area contributed by atoms with Gasteiger partial charge < -0.3 is 24.6 Å². The van der Waals surface area contributed by atoms with Crippen molar-refractivity contribution in [2.75, 3.05) is 13.1 Å². The van der Waals surface area contributed by atoms with Gasteiger partial charge in [-0.1, -0.05) is 112 Å². The van der Waals surface area contributed by atoms with Gasteiger partial charge in [-0.05, 0) is 75.6 Å². The van der Waals surface area contributed by atoms with Gasteiger partial charge in [-0.15, -0.1) is 0 Å². The zero-order valence-corrected chi connectivity index (χ0v) is 33.1. The fourth-order valence-corrected chi connectivity index (χ4v) is 9.85. The van der Waals surface area contributed by atoms with E-state index in [0.717, 1.165) is 58.5 Å². The van der Waals surface area contributed by atoms with E-state index in [0.29, 0.717) is 16.9 Å². The number of fused-ring (bicyclic) bond motifs is 2. The fourth-order valence-electron chi connectivity index (χ4n) is 9.85. The van der Waals surface area contributed by atoms with Crippen LogP contribution in [-0.2, 0) is 43.6 Å². The van der Waals surface area contributed by atoms with E-state index in [2.05, 4.69) is 49.2 Å². The average Bonchev–Trinajstić information content (AvgIpc) is 3.60. The predicted octanol–water partition coefficient (Wildman–Crippen LogP) is 7.85. The Bertz CT molecular complexity index is 2090. The maximum absolute atomic E-state index is 13.3. The summed E-state index contributed by atoms with van der Waals surface area (Å²) in [6, 6.07) is 32.8. The van der Waals surface area contributed by atoms with Crippen LogP contribution in [0.3, 0.4) is 0 Å². The third kappa shape index (κ3) is 9.00. The molecule has 4 aromatic carbocycles. The Balaban J connectivity index is 0.961. The van der Waals surface area contributed by atoms with E-state index in [4.69, 9.17) is 14.2 Å².